The van der Waals surface area contributed by atoms with Crippen molar-refractivity contribution >= 4 is 38.6 Å². The van der Waals surface area contributed by atoms with Crippen LogP contribution < -0.4 is 14.9 Å². The Bertz CT molecular complexity index is 884. The number of alkyl halides is 1. The van der Waals surface area contributed by atoms with Gasteiger partial charge in [-0.2, -0.15) is 5.10 Å². The van der Waals surface area contributed by atoms with E-state index in [9.17, 15) is 0 Å². The summed E-state index contributed by atoms with van der Waals surface area (Å²) in [6.45, 7) is 0.643. The molecule has 1 N–H and O–H groups in total. The monoisotopic (exact) mass is 445 g/mol. The van der Waals surface area contributed by atoms with Crippen LogP contribution in [0.4, 0.5) is 5.13 Å². The molecule has 0 saturated carbocycles. The van der Waals surface area contributed by atoms with Crippen molar-refractivity contribution in [2.45, 2.75) is 6.42 Å². The lowest BCUT2D eigenvalue weighted by molar-refractivity contribution is 0.295. The fourth-order valence-corrected chi connectivity index (χ4v) is 3.25. The van der Waals surface area contributed by atoms with Gasteiger partial charge < -0.3 is 9.47 Å². The van der Waals surface area contributed by atoms with Crippen molar-refractivity contribution in [3.63, 3.8) is 0 Å². The smallest absolute Gasteiger partial charge is 0.203 e. The van der Waals surface area contributed by atoms with Gasteiger partial charge in [0.15, 0.2) is 11.5 Å². The number of anilines is 1. The first kappa shape index (κ1) is 19.4. The third-order valence-electron chi connectivity index (χ3n) is 3.67. The van der Waals surface area contributed by atoms with Crippen LogP contribution in [0.15, 0.2) is 59.0 Å². The molecule has 3 rings (SSSR count). The number of methoxy groups -OCH3 is 1. The Morgan fingerprint density at radius 1 is 1.19 bits per heavy atom. The summed E-state index contributed by atoms with van der Waals surface area (Å²) < 4.78 is 11.1. The number of thiazole rings is 1. The van der Waals surface area contributed by atoms with Gasteiger partial charge in [-0.15, -0.1) is 11.3 Å². The van der Waals surface area contributed by atoms with Crippen LogP contribution in [0, 0.1) is 0 Å². The zero-order valence-corrected chi connectivity index (χ0v) is 17.3. The average Bonchev–Trinajstić information content (AvgIpc) is 3.18. The molecule has 0 aliphatic rings. The van der Waals surface area contributed by atoms with Gasteiger partial charge >= 0.3 is 0 Å². The minimum Gasteiger partial charge on any atom is -0.493 e. The minimum absolute atomic E-state index is 0.643. The molecule has 0 saturated heterocycles. The Morgan fingerprint density at radius 2 is 2.04 bits per heavy atom. The number of hydrazone groups is 1. The molecule has 0 radical (unpaired) electrons. The molecule has 27 heavy (non-hydrogen) atoms. The van der Waals surface area contributed by atoms with Gasteiger partial charge in [-0.3, -0.25) is 5.43 Å². The predicted octanol–water partition coefficient (Wildman–Crippen LogP) is 5.43. The van der Waals surface area contributed by atoms with Gasteiger partial charge in [0, 0.05) is 16.3 Å². The Morgan fingerprint density at radius 3 is 2.81 bits per heavy atom. The Kier molecular flexibility index (Phi) is 7.24. The van der Waals surface area contributed by atoms with Crippen molar-refractivity contribution in [1.82, 2.24) is 4.98 Å². The summed E-state index contributed by atoms with van der Waals surface area (Å²) in [6.07, 6.45) is 2.67. The summed E-state index contributed by atoms with van der Waals surface area (Å²) in [4.78, 5) is 4.55. The van der Waals surface area contributed by atoms with Crippen LogP contribution in [0.25, 0.3) is 11.3 Å². The third kappa shape index (κ3) is 5.55. The highest BCUT2D eigenvalue weighted by Crippen LogP contribution is 2.28. The van der Waals surface area contributed by atoms with Gasteiger partial charge in [-0.1, -0.05) is 46.3 Å². The van der Waals surface area contributed by atoms with Crippen molar-refractivity contribution in [2.24, 2.45) is 5.10 Å². The number of aromatic nitrogens is 1. The molecular formula is C20H20BrN3O2S. The Hall–Kier alpha value is -2.38. The molecule has 1 heterocycles. The Balaban J connectivity index is 1.62. The van der Waals surface area contributed by atoms with E-state index < -0.39 is 0 Å². The number of nitrogens with one attached hydrogen (secondary N) is 1. The second kappa shape index (κ2) is 10.1. The lowest BCUT2D eigenvalue weighted by Gasteiger charge is -2.10. The maximum atomic E-state index is 5.72. The quantitative estimate of drug-likeness (QED) is 0.206. The van der Waals surface area contributed by atoms with Crippen LogP contribution in [0.2, 0.25) is 0 Å². The second-order valence-electron chi connectivity index (χ2n) is 5.58. The standard InChI is InChI=1S/C20H20BrN3O2S/c1-25-19-12-15(8-9-18(19)26-11-5-10-21)13-22-24-20-23-17(14-27-20)16-6-3-2-4-7-16/h2-4,6-9,12-14H,5,10-11H2,1H3,(H,23,24). The SMILES string of the molecule is COc1cc(C=NNc2nc(-c3ccccc3)cs2)ccc1OCCCBr. The molecule has 0 unspecified atom stereocenters. The van der Waals surface area contributed by atoms with E-state index in [1.807, 2.05) is 53.9 Å². The maximum Gasteiger partial charge on any atom is 0.203 e. The highest BCUT2D eigenvalue weighted by molar-refractivity contribution is 9.09. The van der Waals surface area contributed by atoms with Crippen LogP contribution in [-0.4, -0.2) is 30.2 Å². The van der Waals surface area contributed by atoms with Crippen LogP contribution in [0.1, 0.15) is 12.0 Å². The molecule has 0 spiro atoms. The molecule has 140 valence electrons. The van der Waals surface area contributed by atoms with E-state index in [1.165, 1.54) is 11.3 Å². The lowest BCUT2D eigenvalue weighted by Crippen LogP contribution is -2.00. The molecule has 3 aromatic rings. The van der Waals surface area contributed by atoms with E-state index in [-0.39, 0.29) is 0 Å². The summed E-state index contributed by atoms with van der Waals surface area (Å²) in [5.74, 6) is 1.42. The van der Waals surface area contributed by atoms with Crippen molar-refractivity contribution in [1.29, 1.82) is 0 Å². The van der Waals surface area contributed by atoms with E-state index in [0.717, 1.165) is 39.5 Å². The molecule has 0 aliphatic heterocycles. The summed E-state index contributed by atoms with van der Waals surface area (Å²) in [5, 5.41) is 7.93. The van der Waals surface area contributed by atoms with Crippen LogP contribution >= 0.6 is 27.3 Å². The predicted molar refractivity (Wildman–Crippen MR) is 116 cm³/mol. The molecule has 7 heteroatoms. The summed E-state index contributed by atoms with van der Waals surface area (Å²) in [7, 11) is 1.63. The van der Waals surface area contributed by atoms with Crippen LogP contribution in [0.5, 0.6) is 11.5 Å². The molecule has 5 nitrogen and oxygen atoms in total. The molecule has 0 fully saturated rings. The number of hydrogen-bond donors (Lipinski definition) is 1. The number of nitrogens with zero attached hydrogens (tertiary/aromatic N) is 2. The van der Waals surface area contributed by atoms with Crippen molar-refractivity contribution in [2.75, 3.05) is 24.5 Å². The van der Waals surface area contributed by atoms with Gasteiger partial charge in [0.1, 0.15) is 0 Å². The minimum atomic E-state index is 0.643. The molecule has 0 aliphatic carbocycles. The zero-order chi connectivity index (χ0) is 18.9. The summed E-state index contributed by atoms with van der Waals surface area (Å²) >= 11 is 4.91. The summed E-state index contributed by atoms with van der Waals surface area (Å²) in [5.41, 5.74) is 5.91. The van der Waals surface area contributed by atoms with Gasteiger partial charge in [0.25, 0.3) is 0 Å². The number of halogens is 1. The van der Waals surface area contributed by atoms with Gasteiger partial charge in [0.2, 0.25) is 5.13 Å². The van der Waals surface area contributed by atoms with E-state index in [0.29, 0.717) is 12.4 Å². The molecule has 0 atom stereocenters. The third-order valence-corrected chi connectivity index (χ3v) is 4.98. The number of rotatable bonds is 9. The Labute approximate surface area is 171 Å². The van der Waals surface area contributed by atoms with Gasteiger partial charge in [-0.25, -0.2) is 4.98 Å². The second-order valence-corrected chi connectivity index (χ2v) is 7.23. The largest absolute Gasteiger partial charge is 0.493 e. The topological polar surface area (TPSA) is 55.7 Å². The number of benzene rings is 2. The van der Waals surface area contributed by atoms with E-state index in [2.05, 4.69) is 31.4 Å². The molecule has 1 aromatic heterocycles. The average molecular weight is 446 g/mol. The summed E-state index contributed by atoms with van der Waals surface area (Å²) in [6, 6.07) is 15.8. The van der Waals surface area contributed by atoms with Crippen LogP contribution in [-0.2, 0) is 0 Å². The first-order chi connectivity index (χ1) is 13.3. The number of hydrogen-bond acceptors (Lipinski definition) is 6. The first-order valence-corrected chi connectivity index (χ1v) is 10.5. The fourth-order valence-electron chi connectivity index (χ4n) is 2.35. The van der Waals surface area contributed by atoms with Gasteiger partial charge in [0.05, 0.1) is 25.6 Å². The van der Waals surface area contributed by atoms with E-state index >= 15 is 0 Å². The van der Waals surface area contributed by atoms with Gasteiger partial charge in [-0.05, 0) is 30.2 Å². The number of ether oxygens (including phenoxy) is 2. The molecule has 0 bridgehead atoms. The molecular weight excluding hydrogens is 426 g/mol. The highest BCUT2D eigenvalue weighted by Gasteiger charge is 2.05. The highest BCUT2D eigenvalue weighted by atomic mass is 79.9. The lowest BCUT2D eigenvalue weighted by atomic mass is 10.2. The molecule has 0 amide bonds. The van der Waals surface area contributed by atoms with E-state index in [1.54, 1.807) is 13.3 Å². The van der Waals surface area contributed by atoms with Crippen molar-refractivity contribution < 1.29 is 9.47 Å². The normalized spacial score (nSPS) is 10.9. The van der Waals surface area contributed by atoms with Crippen molar-refractivity contribution in [3.8, 4) is 22.8 Å². The first-order valence-electron chi connectivity index (χ1n) is 8.47. The van der Waals surface area contributed by atoms with E-state index in [4.69, 9.17) is 9.47 Å². The van der Waals surface area contributed by atoms with Crippen LogP contribution in [0.3, 0.4) is 0 Å². The maximum absolute atomic E-state index is 5.72. The van der Waals surface area contributed by atoms with Crippen molar-refractivity contribution in [3.05, 3.63) is 59.5 Å². The zero-order valence-electron chi connectivity index (χ0n) is 14.9. The molecule has 2 aromatic carbocycles. The fraction of sp³-hybridized carbons (Fsp3) is 0.200.